The summed E-state index contributed by atoms with van der Waals surface area (Å²) in [5.74, 6) is -0.392. The molecule has 0 saturated carbocycles. The molecule has 0 radical (unpaired) electrons. The molecule has 2 rings (SSSR count). The molecule has 21 heavy (non-hydrogen) atoms. The number of nitriles is 1. The van der Waals surface area contributed by atoms with E-state index in [9.17, 15) is 14.9 Å². The standard InChI is InChI=1S/C13H13ClN4O3/c1-13(8-15)2-4-17(5-3-13)12(19)10-6-9(18(20)21)7-16-11(10)14/h6-7H,2-5H2,1H3. The molecule has 1 amide bonds. The van der Waals surface area contributed by atoms with Crippen molar-refractivity contribution in [2.45, 2.75) is 19.8 Å². The highest BCUT2D eigenvalue weighted by atomic mass is 35.5. The summed E-state index contributed by atoms with van der Waals surface area (Å²) in [4.78, 5) is 27.7. The first kappa shape index (κ1) is 15.2. The van der Waals surface area contributed by atoms with E-state index in [1.54, 1.807) is 4.90 Å². The Bertz CT molecular complexity index is 633. The minimum absolute atomic E-state index is 0.0198. The Labute approximate surface area is 126 Å². The maximum atomic E-state index is 12.4. The van der Waals surface area contributed by atoms with Crippen LogP contribution in [0.3, 0.4) is 0 Å². The fraction of sp³-hybridized carbons (Fsp3) is 0.462. The van der Waals surface area contributed by atoms with Gasteiger partial charge < -0.3 is 4.90 Å². The second kappa shape index (κ2) is 5.66. The van der Waals surface area contributed by atoms with Crippen molar-refractivity contribution in [2.24, 2.45) is 5.41 Å². The highest BCUT2D eigenvalue weighted by molar-refractivity contribution is 6.32. The summed E-state index contributed by atoms with van der Waals surface area (Å²) >= 11 is 5.86. The van der Waals surface area contributed by atoms with Gasteiger partial charge >= 0.3 is 0 Å². The Kier molecular flexibility index (Phi) is 4.09. The number of hydrogen-bond acceptors (Lipinski definition) is 5. The van der Waals surface area contributed by atoms with Gasteiger partial charge in [-0.05, 0) is 19.8 Å². The van der Waals surface area contributed by atoms with Crippen LogP contribution in [-0.4, -0.2) is 33.8 Å². The molecule has 2 heterocycles. The number of aromatic nitrogens is 1. The maximum Gasteiger partial charge on any atom is 0.288 e. The number of rotatable bonds is 2. The monoisotopic (exact) mass is 308 g/mol. The normalized spacial score (nSPS) is 17.1. The Morgan fingerprint density at radius 3 is 2.71 bits per heavy atom. The van der Waals surface area contributed by atoms with E-state index in [1.807, 2.05) is 6.92 Å². The minimum Gasteiger partial charge on any atom is -0.338 e. The van der Waals surface area contributed by atoms with Gasteiger partial charge in [-0.2, -0.15) is 5.26 Å². The van der Waals surface area contributed by atoms with Crippen LogP contribution in [0, 0.1) is 26.9 Å². The molecule has 0 atom stereocenters. The first-order valence-corrected chi connectivity index (χ1v) is 6.74. The molecule has 0 spiro atoms. The molecule has 1 aliphatic heterocycles. The van der Waals surface area contributed by atoms with Crippen LogP contribution in [0.5, 0.6) is 0 Å². The summed E-state index contributed by atoms with van der Waals surface area (Å²) in [7, 11) is 0. The number of nitrogens with zero attached hydrogens (tertiary/aromatic N) is 4. The van der Waals surface area contributed by atoms with Gasteiger partial charge in [0.2, 0.25) is 0 Å². The van der Waals surface area contributed by atoms with E-state index in [2.05, 4.69) is 11.1 Å². The molecule has 8 heteroatoms. The van der Waals surface area contributed by atoms with Crippen molar-refractivity contribution in [2.75, 3.05) is 13.1 Å². The fourth-order valence-electron chi connectivity index (χ4n) is 2.17. The first-order chi connectivity index (χ1) is 9.86. The van der Waals surface area contributed by atoms with Gasteiger partial charge in [0.25, 0.3) is 11.6 Å². The maximum absolute atomic E-state index is 12.4. The van der Waals surface area contributed by atoms with Crippen molar-refractivity contribution in [3.8, 4) is 6.07 Å². The summed E-state index contributed by atoms with van der Waals surface area (Å²) in [5, 5.41) is 19.8. The molecular weight excluding hydrogens is 296 g/mol. The Morgan fingerprint density at radius 2 is 2.19 bits per heavy atom. The summed E-state index contributed by atoms with van der Waals surface area (Å²) in [5.41, 5.74) is -0.685. The zero-order valence-electron chi connectivity index (χ0n) is 11.4. The van der Waals surface area contributed by atoms with Crippen LogP contribution in [0.25, 0.3) is 0 Å². The van der Waals surface area contributed by atoms with Crippen molar-refractivity contribution in [1.29, 1.82) is 5.26 Å². The number of hydrogen-bond donors (Lipinski definition) is 0. The van der Waals surface area contributed by atoms with E-state index in [1.165, 1.54) is 0 Å². The summed E-state index contributed by atoms with van der Waals surface area (Å²) in [6.07, 6.45) is 2.15. The Morgan fingerprint density at radius 1 is 1.57 bits per heavy atom. The van der Waals surface area contributed by atoms with E-state index in [0.29, 0.717) is 25.9 Å². The van der Waals surface area contributed by atoms with Gasteiger partial charge in [-0.3, -0.25) is 14.9 Å². The molecule has 0 unspecified atom stereocenters. The zero-order chi connectivity index (χ0) is 15.6. The molecule has 0 aromatic carbocycles. The van der Waals surface area contributed by atoms with Crippen molar-refractivity contribution in [3.63, 3.8) is 0 Å². The molecule has 1 saturated heterocycles. The molecular formula is C13H13ClN4O3. The number of piperidine rings is 1. The van der Waals surface area contributed by atoms with E-state index in [-0.39, 0.29) is 16.4 Å². The van der Waals surface area contributed by atoms with Crippen LogP contribution in [-0.2, 0) is 0 Å². The minimum atomic E-state index is -0.622. The van der Waals surface area contributed by atoms with Gasteiger partial charge in [0.05, 0.1) is 22.0 Å². The van der Waals surface area contributed by atoms with E-state index in [0.717, 1.165) is 12.3 Å². The molecule has 1 fully saturated rings. The number of nitro groups is 1. The average molecular weight is 309 g/mol. The van der Waals surface area contributed by atoms with Crippen molar-refractivity contribution in [1.82, 2.24) is 9.88 Å². The predicted octanol–water partition coefficient (Wildman–Crippen LogP) is 2.41. The van der Waals surface area contributed by atoms with Crippen LogP contribution < -0.4 is 0 Å². The molecule has 0 aliphatic carbocycles. The van der Waals surface area contributed by atoms with Crippen molar-refractivity contribution >= 4 is 23.2 Å². The summed E-state index contributed by atoms with van der Waals surface area (Å²) in [6.45, 7) is 2.69. The lowest BCUT2D eigenvalue weighted by Gasteiger charge is -2.34. The summed E-state index contributed by atoms with van der Waals surface area (Å²) < 4.78 is 0. The number of carbonyl (C=O) groups excluding carboxylic acids is 1. The molecule has 0 bridgehead atoms. The largest absolute Gasteiger partial charge is 0.338 e. The van der Waals surface area contributed by atoms with Gasteiger partial charge in [-0.25, -0.2) is 4.98 Å². The first-order valence-electron chi connectivity index (χ1n) is 6.37. The molecule has 1 aromatic heterocycles. The number of carbonyl (C=O) groups is 1. The van der Waals surface area contributed by atoms with Crippen LogP contribution in [0.2, 0.25) is 5.15 Å². The SMILES string of the molecule is CC1(C#N)CCN(C(=O)c2cc([N+](=O)[O-])cnc2Cl)CC1. The van der Waals surface area contributed by atoms with Gasteiger partial charge in [0, 0.05) is 19.2 Å². The lowest BCUT2D eigenvalue weighted by molar-refractivity contribution is -0.385. The van der Waals surface area contributed by atoms with Crippen molar-refractivity contribution < 1.29 is 9.72 Å². The lowest BCUT2D eigenvalue weighted by atomic mass is 9.82. The highest BCUT2D eigenvalue weighted by Crippen LogP contribution is 2.31. The van der Waals surface area contributed by atoms with Gasteiger partial charge in [-0.1, -0.05) is 11.6 Å². The predicted molar refractivity (Wildman–Crippen MR) is 74.8 cm³/mol. The summed E-state index contributed by atoms with van der Waals surface area (Å²) in [6, 6.07) is 3.38. The highest BCUT2D eigenvalue weighted by Gasteiger charge is 2.33. The van der Waals surface area contributed by atoms with E-state index in [4.69, 9.17) is 16.9 Å². The van der Waals surface area contributed by atoms with Gasteiger partial charge in [-0.15, -0.1) is 0 Å². The Balaban J connectivity index is 2.20. The fourth-order valence-corrected chi connectivity index (χ4v) is 2.36. The topological polar surface area (TPSA) is 100 Å². The van der Waals surface area contributed by atoms with Gasteiger partial charge in [0.1, 0.15) is 11.3 Å². The third kappa shape index (κ3) is 3.11. The third-order valence-corrected chi connectivity index (χ3v) is 3.99. The number of likely N-dealkylation sites (tertiary alicyclic amines) is 1. The lowest BCUT2D eigenvalue weighted by Crippen LogP contribution is -2.41. The van der Waals surface area contributed by atoms with Crippen LogP contribution in [0.4, 0.5) is 5.69 Å². The second-order valence-electron chi connectivity index (χ2n) is 5.25. The molecule has 1 aromatic rings. The number of halogens is 1. The van der Waals surface area contributed by atoms with E-state index >= 15 is 0 Å². The average Bonchev–Trinajstić information content (AvgIpc) is 2.47. The molecule has 7 nitrogen and oxygen atoms in total. The van der Waals surface area contributed by atoms with Crippen LogP contribution >= 0.6 is 11.6 Å². The zero-order valence-corrected chi connectivity index (χ0v) is 12.1. The number of amides is 1. The molecule has 110 valence electrons. The van der Waals surface area contributed by atoms with Gasteiger partial charge in [0.15, 0.2) is 0 Å². The van der Waals surface area contributed by atoms with Crippen molar-refractivity contribution in [3.05, 3.63) is 33.1 Å². The molecule has 1 aliphatic rings. The van der Waals surface area contributed by atoms with Crippen LogP contribution in [0.15, 0.2) is 12.3 Å². The second-order valence-corrected chi connectivity index (χ2v) is 5.61. The Hall–Kier alpha value is -2.20. The quantitative estimate of drug-likeness (QED) is 0.474. The smallest absolute Gasteiger partial charge is 0.288 e. The third-order valence-electron chi connectivity index (χ3n) is 3.69. The van der Waals surface area contributed by atoms with E-state index < -0.39 is 16.2 Å². The van der Waals surface area contributed by atoms with Crippen LogP contribution in [0.1, 0.15) is 30.1 Å². The number of pyridine rings is 1. The molecule has 0 N–H and O–H groups in total.